The number of aromatic nitrogens is 4. The molecule has 32 heavy (non-hydrogen) atoms. The van der Waals surface area contributed by atoms with Crippen LogP contribution in [0.5, 0.6) is 0 Å². The lowest BCUT2D eigenvalue weighted by Crippen LogP contribution is -2.44. The Bertz CT molecular complexity index is 1230. The first-order chi connectivity index (χ1) is 15.7. The number of hydrogen-bond acceptors (Lipinski definition) is 4. The molecule has 0 bridgehead atoms. The molecule has 2 aromatic heterocycles. The maximum Gasteiger partial charge on any atom is 0.184 e. The number of nitrogens with zero attached hydrogens (tertiary/aromatic N) is 5. The van der Waals surface area contributed by atoms with Crippen LogP contribution in [0.4, 0.5) is 0 Å². The molecular formula is C25H28N6S. The van der Waals surface area contributed by atoms with Gasteiger partial charge in [0, 0.05) is 30.1 Å². The lowest BCUT2D eigenvalue weighted by molar-refractivity contribution is 0.304. The number of tetrazole rings is 1. The Balaban J connectivity index is 1.47. The molecule has 7 heteroatoms. The highest BCUT2D eigenvalue weighted by Crippen LogP contribution is 2.28. The van der Waals surface area contributed by atoms with Crippen molar-refractivity contribution in [3.8, 4) is 0 Å². The molecule has 1 aliphatic rings. The minimum Gasteiger partial charge on any atom is -0.358 e. The predicted octanol–water partition coefficient (Wildman–Crippen LogP) is 4.66. The molecule has 0 unspecified atom stereocenters. The molecule has 0 aliphatic heterocycles. The minimum atomic E-state index is 0.444. The third-order valence-corrected chi connectivity index (χ3v) is 6.85. The Morgan fingerprint density at radius 1 is 1.09 bits per heavy atom. The summed E-state index contributed by atoms with van der Waals surface area (Å²) in [7, 11) is 0. The zero-order valence-corrected chi connectivity index (χ0v) is 19.2. The van der Waals surface area contributed by atoms with Crippen LogP contribution in [0.2, 0.25) is 0 Å². The highest BCUT2D eigenvalue weighted by atomic mass is 32.1. The first kappa shape index (κ1) is 20.8. The second kappa shape index (κ2) is 9.20. The SMILES string of the molecule is CCc1ccc2c(c1)cc(CN(C(=S)NCc1ccccc1)C1CCCC1)c1nnnn12. The standard InChI is InChI=1S/C25H28N6S/c1-2-18-12-13-23-20(14-18)15-21(24-27-28-29-31(23)24)17-30(22-10-6-7-11-22)25(32)26-16-19-8-4-3-5-9-19/h3-5,8-9,12-15,22H,2,6-7,10-11,16-17H2,1H3,(H,26,32). The van der Waals surface area contributed by atoms with Crippen LogP contribution in [0.1, 0.15) is 49.3 Å². The molecular weight excluding hydrogens is 416 g/mol. The smallest absolute Gasteiger partial charge is 0.184 e. The van der Waals surface area contributed by atoms with E-state index in [1.807, 2.05) is 10.6 Å². The van der Waals surface area contributed by atoms with Crippen molar-refractivity contribution in [1.29, 1.82) is 0 Å². The summed E-state index contributed by atoms with van der Waals surface area (Å²) in [6.45, 7) is 3.60. The van der Waals surface area contributed by atoms with Gasteiger partial charge < -0.3 is 10.2 Å². The highest BCUT2D eigenvalue weighted by molar-refractivity contribution is 7.80. The second-order valence-corrected chi connectivity index (χ2v) is 8.93. The maximum absolute atomic E-state index is 5.90. The average molecular weight is 445 g/mol. The molecule has 164 valence electrons. The largest absolute Gasteiger partial charge is 0.358 e. The van der Waals surface area contributed by atoms with E-state index in [0.29, 0.717) is 12.6 Å². The van der Waals surface area contributed by atoms with Gasteiger partial charge in [0.05, 0.1) is 5.52 Å². The van der Waals surface area contributed by atoms with Gasteiger partial charge >= 0.3 is 0 Å². The van der Waals surface area contributed by atoms with Crippen molar-refractivity contribution < 1.29 is 0 Å². The summed E-state index contributed by atoms with van der Waals surface area (Å²) in [4.78, 5) is 2.35. The summed E-state index contributed by atoms with van der Waals surface area (Å²) in [5.74, 6) is 0. The number of pyridine rings is 1. The number of rotatable bonds is 6. The molecule has 2 heterocycles. The molecule has 1 aliphatic carbocycles. The van der Waals surface area contributed by atoms with E-state index in [1.165, 1.54) is 36.8 Å². The van der Waals surface area contributed by atoms with Crippen molar-refractivity contribution in [2.75, 3.05) is 0 Å². The Kier molecular flexibility index (Phi) is 5.99. The second-order valence-electron chi connectivity index (χ2n) is 8.54. The molecule has 0 atom stereocenters. The van der Waals surface area contributed by atoms with Crippen LogP contribution in [0.25, 0.3) is 16.6 Å². The van der Waals surface area contributed by atoms with Crippen LogP contribution in [-0.2, 0) is 19.5 Å². The third kappa shape index (κ3) is 4.17. The van der Waals surface area contributed by atoms with E-state index >= 15 is 0 Å². The zero-order valence-electron chi connectivity index (χ0n) is 18.4. The normalized spacial score (nSPS) is 14.3. The molecule has 5 rings (SSSR count). The van der Waals surface area contributed by atoms with E-state index < -0.39 is 0 Å². The van der Waals surface area contributed by atoms with Gasteiger partial charge in [0.25, 0.3) is 0 Å². The Morgan fingerprint density at radius 2 is 1.91 bits per heavy atom. The third-order valence-electron chi connectivity index (χ3n) is 6.47. The van der Waals surface area contributed by atoms with Gasteiger partial charge in [-0.2, -0.15) is 4.52 Å². The van der Waals surface area contributed by atoms with E-state index in [2.05, 4.69) is 81.2 Å². The topological polar surface area (TPSA) is 58.3 Å². The summed E-state index contributed by atoms with van der Waals surface area (Å²) in [6, 6.07) is 19.6. The maximum atomic E-state index is 5.90. The van der Waals surface area contributed by atoms with Gasteiger partial charge in [-0.25, -0.2) is 0 Å². The van der Waals surface area contributed by atoms with Crippen LogP contribution in [0.15, 0.2) is 54.6 Å². The van der Waals surface area contributed by atoms with Crippen LogP contribution >= 0.6 is 12.2 Å². The molecule has 1 N–H and O–H groups in total. The van der Waals surface area contributed by atoms with Crippen molar-refractivity contribution >= 4 is 33.9 Å². The number of aryl methyl sites for hydroxylation is 1. The van der Waals surface area contributed by atoms with Crippen molar-refractivity contribution in [1.82, 2.24) is 30.3 Å². The quantitative estimate of drug-likeness (QED) is 0.437. The highest BCUT2D eigenvalue weighted by Gasteiger charge is 2.26. The Hall–Kier alpha value is -3.06. The van der Waals surface area contributed by atoms with Gasteiger partial charge in [-0.15, -0.1) is 5.10 Å². The molecule has 1 saturated carbocycles. The molecule has 2 aromatic carbocycles. The molecule has 6 nitrogen and oxygen atoms in total. The van der Waals surface area contributed by atoms with Gasteiger partial charge in [-0.05, 0) is 71.2 Å². The van der Waals surface area contributed by atoms with Crippen LogP contribution < -0.4 is 5.32 Å². The van der Waals surface area contributed by atoms with Crippen LogP contribution in [-0.4, -0.2) is 36.1 Å². The van der Waals surface area contributed by atoms with E-state index in [-0.39, 0.29) is 0 Å². The summed E-state index contributed by atoms with van der Waals surface area (Å²) < 4.78 is 1.86. The Labute approximate surface area is 193 Å². The van der Waals surface area contributed by atoms with Crippen molar-refractivity contribution in [3.05, 3.63) is 71.3 Å². The van der Waals surface area contributed by atoms with E-state index in [1.54, 1.807) is 0 Å². The molecule has 4 aromatic rings. The lowest BCUT2D eigenvalue weighted by atomic mass is 10.1. The molecule has 0 radical (unpaired) electrons. The van der Waals surface area contributed by atoms with Crippen LogP contribution in [0.3, 0.4) is 0 Å². The number of thiocarbonyl (C=S) groups is 1. The van der Waals surface area contributed by atoms with E-state index in [9.17, 15) is 0 Å². The zero-order chi connectivity index (χ0) is 21.9. The summed E-state index contributed by atoms with van der Waals surface area (Å²) in [6.07, 6.45) is 5.84. The fourth-order valence-electron chi connectivity index (χ4n) is 4.69. The van der Waals surface area contributed by atoms with Crippen LogP contribution in [0, 0.1) is 0 Å². The molecule has 0 amide bonds. The lowest BCUT2D eigenvalue weighted by Gasteiger charge is -2.32. The van der Waals surface area contributed by atoms with Gasteiger partial charge in [0.15, 0.2) is 10.8 Å². The summed E-state index contributed by atoms with van der Waals surface area (Å²) in [5.41, 5.74) is 5.47. The van der Waals surface area contributed by atoms with Gasteiger partial charge in [-0.1, -0.05) is 56.2 Å². The van der Waals surface area contributed by atoms with Crippen molar-refractivity contribution in [2.45, 2.75) is 58.2 Å². The average Bonchev–Trinajstić information content (AvgIpc) is 3.54. The van der Waals surface area contributed by atoms with E-state index in [4.69, 9.17) is 12.2 Å². The molecule has 0 saturated heterocycles. The van der Waals surface area contributed by atoms with E-state index in [0.717, 1.165) is 40.2 Å². The first-order valence-corrected chi connectivity index (χ1v) is 11.8. The fraction of sp³-hybridized carbons (Fsp3) is 0.360. The molecule has 0 spiro atoms. The number of hydrogen-bond donors (Lipinski definition) is 1. The first-order valence-electron chi connectivity index (χ1n) is 11.4. The van der Waals surface area contributed by atoms with Gasteiger partial charge in [-0.3, -0.25) is 0 Å². The van der Waals surface area contributed by atoms with Crippen molar-refractivity contribution in [3.63, 3.8) is 0 Å². The monoisotopic (exact) mass is 444 g/mol. The summed E-state index contributed by atoms with van der Waals surface area (Å²) in [5, 5.41) is 18.1. The minimum absolute atomic E-state index is 0.444. The summed E-state index contributed by atoms with van der Waals surface area (Å²) >= 11 is 5.90. The number of benzene rings is 2. The fourth-order valence-corrected chi connectivity index (χ4v) is 4.98. The van der Waals surface area contributed by atoms with Crippen molar-refractivity contribution in [2.24, 2.45) is 0 Å². The Morgan fingerprint density at radius 3 is 2.69 bits per heavy atom. The van der Waals surface area contributed by atoms with Gasteiger partial charge in [0.2, 0.25) is 0 Å². The number of nitrogens with one attached hydrogen (secondary N) is 1. The predicted molar refractivity (Wildman–Crippen MR) is 131 cm³/mol. The number of fused-ring (bicyclic) bond motifs is 3. The molecule has 1 fully saturated rings. The van der Waals surface area contributed by atoms with Gasteiger partial charge in [0.1, 0.15) is 0 Å².